The molecule has 0 aromatic carbocycles. The van der Waals surface area contributed by atoms with E-state index in [0.717, 1.165) is 11.5 Å². The Kier molecular flexibility index (Phi) is 6.48. The Hall–Kier alpha value is -2.84. The van der Waals surface area contributed by atoms with Gasteiger partial charge in [-0.3, -0.25) is 4.79 Å². The Bertz CT molecular complexity index is 880. The number of alkyl carbamates (subject to hydrolysis) is 1. The topological polar surface area (TPSA) is 92.1 Å². The number of anilines is 1. The van der Waals surface area contributed by atoms with Gasteiger partial charge >= 0.3 is 6.09 Å². The van der Waals surface area contributed by atoms with E-state index in [1.54, 1.807) is 31.5 Å². The number of nitrogens with zero attached hydrogens (tertiary/aromatic N) is 5. The molecule has 0 bridgehead atoms. The van der Waals surface area contributed by atoms with Crippen LogP contribution in [0.4, 0.5) is 10.6 Å². The number of carbonyl (C=O) groups is 2. The van der Waals surface area contributed by atoms with Crippen LogP contribution in [-0.4, -0.2) is 69.3 Å². The van der Waals surface area contributed by atoms with Gasteiger partial charge in [-0.05, 0) is 45.2 Å². The molecule has 9 nitrogen and oxygen atoms in total. The van der Waals surface area contributed by atoms with Crippen molar-refractivity contribution in [1.82, 2.24) is 24.8 Å². The van der Waals surface area contributed by atoms with E-state index in [4.69, 9.17) is 4.74 Å². The molecule has 1 fully saturated rings. The number of carbonyl (C=O) groups excluding carboxylic acids is 2. The summed E-state index contributed by atoms with van der Waals surface area (Å²) in [7, 11) is 0. The molecular weight excluding hydrogens is 384 g/mol. The first-order chi connectivity index (χ1) is 14.1. The quantitative estimate of drug-likeness (QED) is 0.804. The molecule has 1 saturated heterocycles. The maximum atomic E-state index is 13.1. The number of nitrogens with one attached hydrogen (secondary N) is 1. The summed E-state index contributed by atoms with van der Waals surface area (Å²) in [5.74, 6) is 1.06. The number of hydrogen-bond donors (Lipinski definition) is 1. The highest BCUT2D eigenvalue weighted by molar-refractivity contribution is 5.86. The van der Waals surface area contributed by atoms with Gasteiger partial charge in [0.25, 0.3) is 0 Å². The van der Waals surface area contributed by atoms with Crippen LogP contribution in [0, 0.1) is 5.92 Å². The number of hydrogen-bond acceptors (Lipinski definition) is 6. The highest BCUT2D eigenvalue weighted by atomic mass is 16.6. The van der Waals surface area contributed by atoms with Crippen LogP contribution in [0.15, 0.2) is 24.5 Å². The first-order valence-corrected chi connectivity index (χ1v) is 10.5. The Labute approximate surface area is 177 Å². The molecule has 1 N–H and O–H groups in total. The zero-order valence-electron chi connectivity index (χ0n) is 18.5. The predicted molar refractivity (Wildman–Crippen MR) is 114 cm³/mol. The van der Waals surface area contributed by atoms with E-state index in [-0.39, 0.29) is 11.8 Å². The third-order valence-corrected chi connectivity index (χ3v) is 4.85. The van der Waals surface area contributed by atoms with E-state index < -0.39 is 17.7 Å². The number of piperazine rings is 1. The number of aromatic nitrogens is 3. The molecule has 164 valence electrons. The van der Waals surface area contributed by atoms with Crippen LogP contribution >= 0.6 is 0 Å². The minimum Gasteiger partial charge on any atom is -0.444 e. The Morgan fingerprint density at radius 3 is 2.50 bits per heavy atom. The Morgan fingerprint density at radius 1 is 1.17 bits per heavy atom. The lowest BCUT2D eigenvalue weighted by molar-refractivity contribution is -0.134. The summed E-state index contributed by atoms with van der Waals surface area (Å²) >= 11 is 0. The zero-order valence-corrected chi connectivity index (χ0v) is 18.5. The highest BCUT2D eigenvalue weighted by Crippen LogP contribution is 2.16. The Morgan fingerprint density at radius 2 is 1.87 bits per heavy atom. The molecule has 0 radical (unpaired) electrons. The molecule has 2 amide bonds. The molecular formula is C21H32N6O3. The molecule has 0 spiro atoms. The highest BCUT2D eigenvalue weighted by Gasteiger charge is 2.31. The summed E-state index contributed by atoms with van der Waals surface area (Å²) in [5, 5.41) is 7.35. The second-order valence-electron chi connectivity index (χ2n) is 9.06. The second-order valence-corrected chi connectivity index (χ2v) is 9.06. The summed E-state index contributed by atoms with van der Waals surface area (Å²) in [5.41, 5.74) is 0.196. The zero-order chi connectivity index (χ0) is 21.9. The summed E-state index contributed by atoms with van der Waals surface area (Å²) in [6.07, 6.45) is 3.54. The van der Waals surface area contributed by atoms with Gasteiger partial charge in [-0.1, -0.05) is 13.8 Å². The molecule has 1 atom stereocenters. The fraction of sp³-hybridized carbons (Fsp3) is 0.619. The summed E-state index contributed by atoms with van der Waals surface area (Å²) in [6.45, 7) is 12.0. The van der Waals surface area contributed by atoms with Crippen LogP contribution < -0.4 is 10.2 Å². The van der Waals surface area contributed by atoms with E-state index in [1.807, 2.05) is 37.1 Å². The maximum absolute atomic E-state index is 13.1. The van der Waals surface area contributed by atoms with E-state index >= 15 is 0 Å². The van der Waals surface area contributed by atoms with E-state index in [9.17, 15) is 9.59 Å². The van der Waals surface area contributed by atoms with E-state index in [0.29, 0.717) is 32.6 Å². The standard InChI is InChI=1S/C21H32N6O3/c1-15(2)14-16(23-20(29)30-21(3,4)5)19(28)26-12-10-25(11-13-26)18-7-6-17-22-8-9-27(17)24-18/h6-9,15-16H,10-14H2,1-5H3,(H,23,29). The van der Waals surface area contributed by atoms with E-state index in [1.165, 1.54) is 0 Å². The predicted octanol–water partition coefficient (Wildman–Crippen LogP) is 2.32. The number of rotatable bonds is 5. The van der Waals surface area contributed by atoms with Crippen molar-refractivity contribution >= 4 is 23.5 Å². The number of fused-ring (bicyclic) bond motifs is 1. The summed E-state index contributed by atoms with van der Waals surface area (Å²) in [4.78, 5) is 33.5. The van der Waals surface area contributed by atoms with Gasteiger partial charge in [-0.25, -0.2) is 14.3 Å². The first-order valence-electron chi connectivity index (χ1n) is 10.5. The molecule has 1 unspecified atom stereocenters. The van der Waals surface area contributed by atoms with Crippen LogP contribution in [0.1, 0.15) is 41.0 Å². The van der Waals surface area contributed by atoms with Crippen molar-refractivity contribution < 1.29 is 14.3 Å². The van der Waals surface area contributed by atoms with Crippen molar-refractivity contribution in [3.05, 3.63) is 24.5 Å². The van der Waals surface area contributed by atoms with Crippen molar-refractivity contribution in [2.45, 2.75) is 52.7 Å². The number of ether oxygens (including phenoxy) is 1. The average molecular weight is 417 g/mol. The average Bonchev–Trinajstić information content (AvgIpc) is 3.13. The second kappa shape index (κ2) is 8.89. The lowest BCUT2D eigenvalue weighted by Gasteiger charge is -2.37. The molecule has 3 heterocycles. The van der Waals surface area contributed by atoms with Crippen LogP contribution in [-0.2, 0) is 9.53 Å². The molecule has 2 aromatic rings. The normalized spacial score (nSPS) is 16.1. The molecule has 9 heteroatoms. The first kappa shape index (κ1) is 21.9. The van der Waals surface area contributed by atoms with Gasteiger partial charge in [-0.15, -0.1) is 5.10 Å². The maximum Gasteiger partial charge on any atom is 0.408 e. The lowest BCUT2D eigenvalue weighted by atomic mass is 10.0. The van der Waals surface area contributed by atoms with Gasteiger partial charge < -0.3 is 19.9 Å². The molecule has 3 rings (SSSR count). The minimum absolute atomic E-state index is 0.0627. The fourth-order valence-electron chi connectivity index (χ4n) is 3.49. The van der Waals surface area contributed by atoms with Gasteiger partial charge in [0, 0.05) is 38.6 Å². The molecule has 0 saturated carbocycles. The van der Waals surface area contributed by atoms with Crippen molar-refractivity contribution in [3.8, 4) is 0 Å². The summed E-state index contributed by atoms with van der Waals surface area (Å²) in [6, 6.07) is 3.29. The largest absolute Gasteiger partial charge is 0.444 e. The molecule has 0 aliphatic carbocycles. The van der Waals surface area contributed by atoms with E-state index in [2.05, 4.69) is 20.3 Å². The summed E-state index contributed by atoms with van der Waals surface area (Å²) < 4.78 is 7.09. The smallest absolute Gasteiger partial charge is 0.408 e. The molecule has 30 heavy (non-hydrogen) atoms. The SMILES string of the molecule is CC(C)CC(NC(=O)OC(C)(C)C)C(=O)N1CCN(c2ccc3nccn3n2)CC1. The van der Waals surface area contributed by atoms with Gasteiger partial charge in [0.15, 0.2) is 5.65 Å². The minimum atomic E-state index is -0.607. The molecule has 1 aliphatic rings. The lowest BCUT2D eigenvalue weighted by Crippen LogP contribution is -2.55. The van der Waals surface area contributed by atoms with Crippen molar-refractivity contribution in [3.63, 3.8) is 0 Å². The van der Waals surface area contributed by atoms with Crippen LogP contribution in [0.2, 0.25) is 0 Å². The third kappa shape index (κ3) is 5.61. The fourth-order valence-corrected chi connectivity index (χ4v) is 3.49. The third-order valence-electron chi connectivity index (χ3n) is 4.85. The van der Waals surface area contributed by atoms with Crippen LogP contribution in [0.5, 0.6) is 0 Å². The van der Waals surface area contributed by atoms with Crippen LogP contribution in [0.25, 0.3) is 5.65 Å². The molecule has 1 aliphatic heterocycles. The van der Waals surface area contributed by atoms with Gasteiger partial charge in [-0.2, -0.15) is 0 Å². The monoisotopic (exact) mass is 416 g/mol. The van der Waals surface area contributed by atoms with Gasteiger partial charge in [0.2, 0.25) is 5.91 Å². The number of amides is 2. The van der Waals surface area contributed by atoms with Crippen LogP contribution in [0.3, 0.4) is 0 Å². The molecule has 2 aromatic heterocycles. The van der Waals surface area contributed by atoms with Crippen molar-refractivity contribution in [2.75, 3.05) is 31.1 Å². The van der Waals surface area contributed by atoms with Crippen molar-refractivity contribution in [2.24, 2.45) is 5.92 Å². The number of imidazole rings is 1. The van der Waals surface area contributed by atoms with Crippen molar-refractivity contribution in [1.29, 1.82) is 0 Å². The van der Waals surface area contributed by atoms with Gasteiger partial charge in [0.1, 0.15) is 17.5 Å². The van der Waals surface area contributed by atoms with Gasteiger partial charge in [0.05, 0.1) is 0 Å². The Balaban J connectivity index is 1.61.